The molecule has 7 nitrogen and oxygen atoms in total. The zero-order chi connectivity index (χ0) is 20.6. The SMILES string of the molecule is O=S(=O)(Nc1ccc2c(c1)COC(N[C@@H]1CCc3ccccc31)=N2)N1CCCCC1. The maximum atomic E-state index is 12.6. The van der Waals surface area contributed by atoms with Crippen LogP contribution in [0.2, 0.25) is 0 Å². The van der Waals surface area contributed by atoms with Crippen LogP contribution in [0.3, 0.4) is 0 Å². The van der Waals surface area contributed by atoms with Crippen molar-refractivity contribution in [1.29, 1.82) is 0 Å². The molecule has 0 radical (unpaired) electrons. The van der Waals surface area contributed by atoms with Gasteiger partial charge in [-0.1, -0.05) is 30.7 Å². The van der Waals surface area contributed by atoms with E-state index < -0.39 is 10.2 Å². The number of aryl methyl sites for hydroxylation is 1. The molecule has 30 heavy (non-hydrogen) atoms. The van der Waals surface area contributed by atoms with Gasteiger partial charge in [-0.25, -0.2) is 0 Å². The summed E-state index contributed by atoms with van der Waals surface area (Å²) in [6.07, 6.45) is 4.98. The fraction of sp³-hybridized carbons (Fsp3) is 0.409. The molecule has 2 N–H and O–H groups in total. The number of fused-ring (bicyclic) bond motifs is 2. The largest absolute Gasteiger partial charge is 0.460 e. The molecular formula is C22H26N4O3S. The van der Waals surface area contributed by atoms with Crippen molar-refractivity contribution >= 4 is 27.6 Å². The van der Waals surface area contributed by atoms with Gasteiger partial charge in [-0.15, -0.1) is 0 Å². The van der Waals surface area contributed by atoms with Gasteiger partial charge in [-0.05, 0) is 55.0 Å². The Morgan fingerprint density at radius 1 is 1.03 bits per heavy atom. The molecule has 2 heterocycles. The highest BCUT2D eigenvalue weighted by Gasteiger charge is 2.26. The first-order chi connectivity index (χ1) is 14.6. The quantitative estimate of drug-likeness (QED) is 0.782. The van der Waals surface area contributed by atoms with Crippen LogP contribution in [0.4, 0.5) is 11.4 Å². The van der Waals surface area contributed by atoms with Gasteiger partial charge in [0, 0.05) is 18.7 Å². The summed E-state index contributed by atoms with van der Waals surface area (Å²) in [5.41, 5.74) is 4.89. The van der Waals surface area contributed by atoms with Gasteiger partial charge in [0.25, 0.3) is 6.02 Å². The summed E-state index contributed by atoms with van der Waals surface area (Å²) in [7, 11) is -3.52. The van der Waals surface area contributed by atoms with E-state index in [1.807, 2.05) is 12.1 Å². The van der Waals surface area contributed by atoms with Gasteiger partial charge in [0.1, 0.15) is 6.61 Å². The van der Waals surface area contributed by atoms with Crippen molar-refractivity contribution in [2.75, 3.05) is 17.8 Å². The molecular weight excluding hydrogens is 400 g/mol. The van der Waals surface area contributed by atoms with Crippen molar-refractivity contribution in [3.8, 4) is 0 Å². The summed E-state index contributed by atoms with van der Waals surface area (Å²) in [6, 6.07) is 14.6. The van der Waals surface area contributed by atoms with E-state index in [4.69, 9.17) is 4.74 Å². The first-order valence-electron chi connectivity index (χ1n) is 10.6. The van der Waals surface area contributed by atoms with Crippen LogP contribution in [0.15, 0.2) is 47.5 Å². The lowest BCUT2D eigenvalue weighted by atomic mass is 10.1. The van der Waals surface area contributed by atoms with Gasteiger partial charge < -0.3 is 10.1 Å². The van der Waals surface area contributed by atoms with Crippen LogP contribution in [0.5, 0.6) is 0 Å². The Balaban J connectivity index is 1.29. The number of benzene rings is 2. The second-order valence-corrected chi connectivity index (χ2v) is 9.72. The number of nitrogens with zero attached hydrogens (tertiary/aromatic N) is 2. The Morgan fingerprint density at radius 2 is 1.87 bits per heavy atom. The maximum absolute atomic E-state index is 12.6. The van der Waals surface area contributed by atoms with E-state index in [0.29, 0.717) is 31.4 Å². The van der Waals surface area contributed by atoms with E-state index in [-0.39, 0.29) is 6.04 Å². The van der Waals surface area contributed by atoms with Crippen LogP contribution in [0.1, 0.15) is 48.4 Å². The van der Waals surface area contributed by atoms with Crippen molar-refractivity contribution in [3.63, 3.8) is 0 Å². The van der Waals surface area contributed by atoms with Crippen molar-refractivity contribution in [2.45, 2.75) is 44.8 Å². The smallest absolute Gasteiger partial charge is 0.301 e. The summed E-state index contributed by atoms with van der Waals surface area (Å²) in [6.45, 7) is 1.51. The summed E-state index contributed by atoms with van der Waals surface area (Å²) in [5, 5.41) is 3.42. The highest BCUT2D eigenvalue weighted by Crippen LogP contribution is 2.33. The lowest BCUT2D eigenvalue weighted by molar-refractivity contribution is 0.266. The van der Waals surface area contributed by atoms with E-state index >= 15 is 0 Å². The van der Waals surface area contributed by atoms with Crippen LogP contribution in [-0.4, -0.2) is 31.8 Å². The first-order valence-corrected chi connectivity index (χ1v) is 12.0. The zero-order valence-corrected chi connectivity index (χ0v) is 17.6. The maximum Gasteiger partial charge on any atom is 0.301 e. The summed E-state index contributed by atoms with van der Waals surface area (Å²) in [5.74, 6) is 0. The number of anilines is 1. The molecule has 8 heteroatoms. The third kappa shape index (κ3) is 3.89. The Bertz CT molecular complexity index is 1080. The topological polar surface area (TPSA) is 83.0 Å². The van der Waals surface area contributed by atoms with Crippen LogP contribution in [0.25, 0.3) is 0 Å². The van der Waals surface area contributed by atoms with Crippen LogP contribution >= 0.6 is 0 Å². The molecule has 0 spiro atoms. The number of nitrogens with one attached hydrogen (secondary N) is 2. The zero-order valence-electron chi connectivity index (χ0n) is 16.8. The minimum absolute atomic E-state index is 0.206. The monoisotopic (exact) mass is 426 g/mol. The van der Waals surface area contributed by atoms with E-state index in [2.05, 4.69) is 39.3 Å². The Labute approximate surface area is 177 Å². The van der Waals surface area contributed by atoms with Gasteiger partial charge in [0.2, 0.25) is 0 Å². The normalized spacial score (nSPS) is 21.2. The lowest BCUT2D eigenvalue weighted by Gasteiger charge is -2.26. The minimum Gasteiger partial charge on any atom is -0.460 e. The molecule has 1 aliphatic carbocycles. The van der Waals surface area contributed by atoms with Gasteiger partial charge in [-0.3, -0.25) is 4.72 Å². The molecule has 1 fully saturated rings. The fourth-order valence-corrected chi connectivity index (χ4v) is 5.70. The van der Waals surface area contributed by atoms with Crippen LogP contribution in [-0.2, 0) is 28.0 Å². The number of piperidine rings is 1. The van der Waals surface area contributed by atoms with E-state index in [0.717, 1.165) is 43.4 Å². The van der Waals surface area contributed by atoms with Gasteiger partial charge in [-0.2, -0.15) is 17.7 Å². The first kappa shape index (κ1) is 19.4. The third-order valence-corrected chi connectivity index (χ3v) is 7.54. The Hall–Kier alpha value is -2.58. The van der Waals surface area contributed by atoms with Gasteiger partial charge >= 0.3 is 10.2 Å². The number of hydrogen-bond acceptors (Lipinski definition) is 5. The van der Waals surface area contributed by atoms with Gasteiger partial charge in [0.15, 0.2) is 0 Å². The summed E-state index contributed by atoms with van der Waals surface area (Å²) >= 11 is 0. The average molecular weight is 427 g/mol. The number of aliphatic imine (C=N–C) groups is 1. The predicted molar refractivity (Wildman–Crippen MR) is 117 cm³/mol. The van der Waals surface area contributed by atoms with E-state index in [1.54, 1.807) is 6.07 Å². The number of rotatable bonds is 4. The summed E-state index contributed by atoms with van der Waals surface area (Å²) in [4.78, 5) is 4.60. The molecule has 0 unspecified atom stereocenters. The highest BCUT2D eigenvalue weighted by molar-refractivity contribution is 7.90. The lowest BCUT2D eigenvalue weighted by Crippen LogP contribution is -2.39. The molecule has 0 aromatic heterocycles. The summed E-state index contributed by atoms with van der Waals surface area (Å²) < 4.78 is 35.3. The van der Waals surface area contributed by atoms with Crippen molar-refractivity contribution < 1.29 is 13.2 Å². The highest BCUT2D eigenvalue weighted by atomic mass is 32.2. The molecule has 2 aliphatic heterocycles. The second-order valence-electron chi connectivity index (χ2n) is 8.05. The molecule has 0 saturated carbocycles. The molecule has 2 aromatic carbocycles. The molecule has 1 saturated heterocycles. The third-order valence-electron chi connectivity index (χ3n) is 6.00. The molecule has 158 valence electrons. The molecule has 0 bridgehead atoms. The van der Waals surface area contributed by atoms with Crippen molar-refractivity contribution in [3.05, 3.63) is 59.2 Å². The average Bonchev–Trinajstić information content (AvgIpc) is 3.17. The van der Waals surface area contributed by atoms with Crippen molar-refractivity contribution in [1.82, 2.24) is 9.62 Å². The fourth-order valence-electron chi connectivity index (χ4n) is 4.41. The molecule has 3 aliphatic rings. The Morgan fingerprint density at radius 3 is 2.73 bits per heavy atom. The van der Waals surface area contributed by atoms with E-state index in [1.165, 1.54) is 15.4 Å². The molecule has 1 atom stereocenters. The Kier molecular flexibility index (Phi) is 5.12. The van der Waals surface area contributed by atoms with Gasteiger partial charge in [0.05, 0.1) is 17.4 Å². The predicted octanol–water partition coefficient (Wildman–Crippen LogP) is 3.62. The van der Waals surface area contributed by atoms with Crippen LogP contribution < -0.4 is 10.0 Å². The second kappa shape index (κ2) is 7.92. The van der Waals surface area contributed by atoms with Crippen LogP contribution in [0, 0.1) is 0 Å². The minimum atomic E-state index is -3.52. The number of amidine groups is 1. The van der Waals surface area contributed by atoms with Crippen molar-refractivity contribution in [2.24, 2.45) is 4.99 Å². The van der Waals surface area contributed by atoms with E-state index in [9.17, 15) is 8.42 Å². The standard InChI is InChI=1S/C22H26N4O3S/c27-30(28,26-12-4-1-5-13-26)25-18-9-11-20-17(14-18)15-29-22(23-20)24-21-10-8-16-6-2-3-7-19(16)21/h2-3,6-7,9,11,14,21,25H,1,4-5,8,10,12-13,15H2,(H,23,24)/t21-/m1/s1. The number of ether oxygens (including phenoxy) is 1. The number of hydrogen-bond donors (Lipinski definition) is 2. The molecule has 0 amide bonds. The molecule has 5 rings (SSSR count). The molecule has 2 aromatic rings.